The molecule has 0 fully saturated rings. The van der Waals surface area contributed by atoms with Gasteiger partial charge < -0.3 is 20.5 Å². The van der Waals surface area contributed by atoms with E-state index in [0.717, 1.165) is 36.1 Å². The second-order valence-corrected chi connectivity index (χ2v) is 7.38. The predicted molar refractivity (Wildman–Crippen MR) is 106 cm³/mol. The summed E-state index contributed by atoms with van der Waals surface area (Å²) in [7, 11) is 0. The number of carbonyl (C=O) groups excluding carboxylic acids is 2. The highest BCUT2D eigenvalue weighted by atomic mass is 32.1. The number of nitrogens with one attached hydrogen (secondary N) is 1. The molecular formula is C20H24N2O4S. The average molecular weight is 388 g/mol. The molecule has 0 radical (unpaired) electrons. The summed E-state index contributed by atoms with van der Waals surface area (Å²) >= 11 is 1.45. The highest BCUT2D eigenvalue weighted by Crippen LogP contribution is 2.38. The van der Waals surface area contributed by atoms with Crippen molar-refractivity contribution >= 4 is 28.2 Å². The van der Waals surface area contributed by atoms with Crippen LogP contribution >= 0.6 is 11.3 Å². The number of ether oxygens (including phenoxy) is 2. The summed E-state index contributed by atoms with van der Waals surface area (Å²) in [6.45, 7) is 3.34. The number of hydrogen-bond donors (Lipinski definition) is 2. The molecule has 1 aromatic carbocycles. The highest BCUT2D eigenvalue weighted by molar-refractivity contribution is 7.17. The molecule has 27 heavy (non-hydrogen) atoms. The molecule has 0 saturated carbocycles. The standard InChI is InChI=1S/C20H24N2O4S/c1-2-25-11-12-26-15-9-5-3-7-13(15)19(24)22-20-17(18(21)23)14-8-4-6-10-16(14)27-20/h3,5,7,9H,2,4,6,8,10-12H2,1H3,(H2,21,23)(H,22,24). The molecule has 2 aromatic rings. The molecule has 0 saturated heterocycles. The van der Waals surface area contributed by atoms with Gasteiger partial charge in [-0.1, -0.05) is 12.1 Å². The Labute approximate surface area is 162 Å². The number of benzene rings is 1. The first-order chi connectivity index (χ1) is 13.1. The Bertz CT molecular complexity index is 831. The zero-order valence-electron chi connectivity index (χ0n) is 15.4. The molecule has 1 aliphatic carbocycles. The second-order valence-electron chi connectivity index (χ2n) is 6.27. The quantitative estimate of drug-likeness (QED) is 0.678. The molecule has 0 aliphatic heterocycles. The van der Waals surface area contributed by atoms with Gasteiger partial charge in [0, 0.05) is 11.5 Å². The molecule has 0 atom stereocenters. The van der Waals surface area contributed by atoms with Gasteiger partial charge in [-0.2, -0.15) is 0 Å². The number of nitrogens with two attached hydrogens (primary N) is 1. The van der Waals surface area contributed by atoms with Gasteiger partial charge in [0.15, 0.2) is 0 Å². The van der Waals surface area contributed by atoms with Crippen LogP contribution in [0.4, 0.5) is 5.00 Å². The Hall–Kier alpha value is -2.38. The summed E-state index contributed by atoms with van der Waals surface area (Å²) in [6.07, 6.45) is 3.88. The van der Waals surface area contributed by atoms with Crippen LogP contribution in [0.25, 0.3) is 0 Å². The van der Waals surface area contributed by atoms with Crippen LogP contribution in [0.5, 0.6) is 5.75 Å². The van der Waals surface area contributed by atoms with Gasteiger partial charge in [-0.25, -0.2) is 0 Å². The van der Waals surface area contributed by atoms with Crippen molar-refractivity contribution in [2.45, 2.75) is 32.6 Å². The molecular weight excluding hydrogens is 364 g/mol. The lowest BCUT2D eigenvalue weighted by Gasteiger charge is -2.12. The third-order valence-corrected chi connectivity index (χ3v) is 5.67. The molecule has 1 heterocycles. The van der Waals surface area contributed by atoms with E-state index in [9.17, 15) is 9.59 Å². The van der Waals surface area contributed by atoms with Gasteiger partial charge in [0.2, 0.25) is 0 Å². The number of anilines is 1. The number of primary amides is 1. The Morgan fingerprint density at radius 3 is 2.74 bits per heavy atom. The number of amides is 2. The molecule has 7 heteroatoms. The van der Waals surface area contributed by atoms with E-state index in [2.05, 4.69) is 5.32 Å². The van der Waals surface area contributed by atoms with Crippen molar-refractivity contribution in [2.24, 2.45) is 5.73 Å². The van der Waals surface area contributed by atoms with Crippen molar-refractivity contribution in [3.05, 3.63) is 45.8 Å². The Balaban J connectivity index is 1.80. The Morgan fingerprint density at radius 2 is 1.96 bits per heavy atom. The smallest absolute Gasteiger partial charge is 0.260 e. The highest BCUT2D eigenvalue weighted by Gasteiger charge is 2.25. The number of para-hydroxylation sites is 1. The minimum absolute atomic E-state index is 0.317. The van der Waals surface area contributed by atoms with Crippen LogP contribution in [0.15, 0.2) is 24.3 Å². The monoisotopic (exact) mass is 388 g/mol. The van der Waals surface area contributed by atoms with E-state index in [1.807, 2.05) is 13.0 Å². The number of rotatable bonds is 8. The number of carbonyl (C=O) groups is 2. The molecule has 144 valence electrons. The van der Waals surface area contributed by atoms with Gasteiger partial charge in [0.1, 0.15) is 17.4 Å². The van der Waals surface area contributed by atoms with E-state index in [-0.39, 0.29) is 5.91 Å². The lowest BCUT2D eigenvalue weighted by Crippen LogP contribution is -2.19. The van der Waals surface area contributed by atoms with E-state index in [1.165, 1.54) is 11.3 Å². The zero-order chi connectivity index (χ0) is 19.2. The van der Waals surface area contributed by atoms with E-state index in [4.69, 9.17) is 15.2 Å². The van der Waals surface area contributed by atoms with Crippen LogP contribution in [-0.4, -0.2) is 31.6 Å². The topological polar surface area (TPSA) is 90.7 Å². The number of hydrogen-bond acceptors (Lipinski definition) is 5. The maximum atomic E-state index is 12.8. The Morgan fingerprint density at radius 1 is 1.19 bits per heavy atom. The Kier molecular flexibility index (Phi) is 6.47. The summed E-state index contributed by atoms with van der Waals surface area (Å²) in [5.74, 6) is -0.328. The van der Waals surface area contributed by atoms with Crippen LogP contribution in [0, 0.1) is 0 Å². The van der Waals surface area contributed by atoms with Crippen molar-refractivity contribution in [1.82, 2.24) is 0 Å². The van der Waals surface area contributed by atoms with Crippen molar-refractivity contribution in [3.63, 3.8) is 0 Å². The summed E-state index contributed by atoms with van der Waals surface area (Å²) in [6, 6.07) is 7.03. The summed E-state index contributed by atoms with van der Waals surface area (Å²) in [4.78, 5) is 26.0. The maximum Gasteiger partial charge on any atom is 0.260 e. The minimum Gasteiger partial charge on any atom is -0.490 e. The van der Waals surface area contributed by atoms with E-state index >= 15 is 0 Å². The molecule has 3 rings (SSSR count). The van der Waals surface area contributed by atoms with Crippen LogP contribution < -0.4 is 15.8 Å². The third kappa shape index (κ3) is 4.48. The van der Waals surface area contributed by atoms with Crippen molar-refractivity contribution in [2.75, 3.05) is 25.1 Å². The first-order valence-electron chi connectivity index (χ1n) is 9.17. The largest absolute Gasteiger partial charge is 0.490 e. The fourth-order valence-electron chi connectivity index (χ4n) is 3.22. The molecule has 0 unspecified atom stereocenters. The van der Waals surface area contributed by atoms with Crippen molar-refractivity contribution < 1.29 is 19.1 Å². The molecule has 0 bridgehead atoms. The maximum absolute atomic E-state index is 12.8. The van der Waals surface area contributed by atoms with Crippen LogP contribution in [-0.2, 0) is 17.6 Å². The summed E-state index contributed by atoms with van der Waals surface area (Å²) in [5.41, 5.74) is 7.46. The SMILES string of the molecule is CCOCCOc1ccccc1C(=O)Nc1sc2c(c1C(N)=O)CCCC2. The van der Waals surface area contributed by atoms with Crippen molar-refractivity contribution in [3.8, 4) is 5.75 Å². The summed E-state index contributed by atoms with van der Waals surface area (Å²) < 4.78 is 10.9. The average Bonchev–Trinajstić information content (AvgIpc) is 3.03. The normalized spacial score (nSPS) is 13.1. The van der Waals surface area contributed by atoms with E-state index in [0.29, 0.717) is 41.7 Å². The van der Waals surface area contributed by atoms with Crippen molar-refractivity contribution in [1.29, 1.82) is 0 Å². The number of fused-ring (bicyclic) bond motifs is 1. The summed E-state index contributed by atoms with van der Waals surface area (Å²) in [5, 5.41) is 3.41. The molecule has 2 amide bonds. The zero-order valence-corrected chi connectivity index (χ0v) is 16.2. The predicted octanol–water partition coefficient (Wildman–Crippen LogP) is 3.39. The number of aryl methyl sites for hydroxylation is 1. The van der Waals surface area contributed by atoms with Gasteiger partial charge in [-0.15, -0.1) is 11.3 Å². The fraction of sp³-hybridized carbons (Fsp3) is 0.400. The van der Waals surface area contributed by atoms with Gasteiger partial charge in [0.25, 0.3) is 11.8 Å². The molecule has 1 aliphatic rings. The fourth-order valence-corrected chi connectivity index (χ4v) is 4.51. The lowest BCUT2D eigenvalue weighted by molar-refractivity contribution is 0.0998. The minimum atomic E-state index is -0.494. The van der Waals surface area contributed by atoms with E-state index in [1.54, 1.807) is 18.2 Å². The molecule has 1 aromatic heterocycles. The van der Waals surface area contributed by atoms with Gasteiger partial charge in [-0.05, 0) is 50.3 Å². The van der Waals surface area contributed by atoms with Crippen LogP contribution in [0.2, 0.25) is 0 Å². The van der Waals surface area contributed by atoms with Gasteiger partial charge >= 0.3 is 0 Å². The lowest BCUT2D eigenvalue weighted by atomic mass is 9.95. The first kappa shape index (κ1) is 19.4. The first-order valence-corrected chi connectivity index (χ1v) is 9.98. The van der Waals surface area contributed by atoms with Gasteiger partial charge in [0.05, 0.1) is 17.7 Å². The van der Waals surface area contributed by atoms with Crippen LogP contribution in [0.1, 0.15) is 50.9 Å². The van der Waals surface area contributed by atoms with Crippen LogP contribution in [0.3, 0.4) is 0 Å². The van der Waals surface area contributed by atoms with Gasteiger partial charge in [-0.3, -0.25) is 9.59 Å². The molecule has 3 N–H and O–H groups in total. The molecule has 6 nitrogen and oxygen atoms in total. The van der Waals surface area contributed by atoms with E-state index < -0.39 is 5.91 Å². The second kappa shape index (κ2) is 9.01. The molecule has 0 spiro atoms. The number of thiophene rings is 1. The third-order valence-electron chi connectivity index (χ3n) is 4.47.